The molecule has 0 saturated carbocycles. The van der Waals surface area contributed by atoms with Crippen molar-refractivity contribution in [2.24, 2.45) is 0 Å². The zero-order valence-corrected chi connectivity index (χ0v) is 14.2. The molecular weight excluding hydrogens is 340 g/mol. The molecule has 6 nitrogen and oxygen atoms in total. The van der Waals surface area contributed by atoms with Crippen LogP contribution in [0.5, 0.6) is 0 Å². The summed E-state index contributed by atoms with van der Waals surface area (Å²) in [5.41, 5.74) is 0.442. The highest BCUT2D eigenvalue weighted by Gasteiger charge is 2.30. The van der Waals surface area contributed by atoms with Crippen molar-refractivity contribution < 1.29 is 13.6 Å². The fourth-order valence-corrected chi connectivity index (χ4v) is 3.52. The van der Waals surface area contributed by atoms with Gasteiger partial charge in [-0.25, -0.2) is 18.7 Å². The Bertz CT molecular complexity index is 806. The van der Waals surface area contributed by atoms with Crippen LogP contribution in [0.1, 0.15) is 23.2 Å². The first-order valence-corrected chi connectivity index (χ1v) is 8.67. The highest BCUT2D eigenvalue weighted by molar-refractivity contribution is 6.04. The second-order valence-corrected chi connectivity index (χ2v) is 6.62. The van der Waals surface area contributed by atoms with E-state index in [9.17, 15) is 13.6 Å². The van der Waals surface area contributed by atoms with Gasteiger partial charge in [-0.15, -0.1) is 0 Å². The summed E-state index contributed by atoms with van der Waals surface area (Å²) in [6, 6.07) is 3.47. The zero-order chi connectivity index (χ0) is 18.1. The average Bonchev–Trinajstić information content (AvgIpc) is 2.98. The van der Waals surface area contributed by atoms with Crippen LogP contribution in [-0.2, 0) is 0 Å². The number of rotatable bonds is 3. The van der Waals surface area contributed by atoms with Crippen LogP contribution >= 0.6 is 0 Å². The average molecular weight is 359 g/mol. The standard InChI is InChI=1S/C18H19F2N5O/c19-15-2-1-12(9-16(15)20)17(26)23-13-10-21-18(22-11-13)25-8-7-24-5-3-14(25)4-6-24/h1-2,9-11,14H,3-8H2,(H,23,26). The maximum absolute atomic E-state index is 13.3. The van der Waals surface area contributed by atoms with Crippen molar-refractivity contribution >= 4 is 17.5 Å². The molecule has 1 aromatic carbocycles. The molecule has 1 amide bonds. The van der Waals surface area contributed by atoms with Crippen molar-refractivity contribution in [2.45, 2.75) is 18.9 Å². The molecule has 3 aliphatic heterocycles. The van der Waals surface area contributed by atoms with Gasteiger partial charge in [0.2, 0.25) is 5.95 Å². The number of anilines is 2. The Hall–Kier alpha value is -2.61. The first kappa shape index (κ1) is 16.8. The molecule has 3 aliphatic rings. The minimum atomic E-state index is -1.06. The molecule has 4 heterocycles. The summed E-state index contributed by atoms with van der Waals surface area (Å²) in [6.07, 6.45) is 5.30. The summed E-state index contributed by atoms with van der Waals surface area (Å²) in [5.74, 6) is -1.93. The van der Waals surface area contributed by atoms with E-state index in [2.05, 4.69) is 25.1 Å². The zero-order valence-electron chi connectivity index (χ0n) is 14.2. The monoisotopic (exact) mass is 359 g/mol. The third-order valence-corrected chi connectivity index (χ3v) is 4.99. The summed E-state index contributed by atoms with van der Waals surface area (Å²) < 4.78 is 26.2. The minimum Gasteiger partial charge on any atom is -0.336 e. The lowest BCUT2D eigenvalue weighted by atomic mass is 10.1. The molecule has 136 valence electrons. The molecule has 0 spiro atoms. The number of carbonyl (C=O) groups is 1. The smallest absolute Gasteiger partial charge is 0.255 e. The Balaban J connectivity index is 1.45. The predicted octanol–water partition coefficient (Wildman–Crippen LogP) is 2.29. The summed E-state index contributed by atoms with van der Waals surface area (Å²) in [5, 5.41) is 2.60. The van der Waals surface area contributed by atoms with E-state index in [4.69, 9.17) is 0 Å². The molecule has 1 N–H and O–H groups in total. The van der Waals surface area contributed by atoms with Gasteiger partial charge in [0, 0.05) is 37.8 Å². The fraction of sp³-hybridized carbons (Fsp3) is 0.389. The third kappa shape index (κ3) is 3.37. The molecule has 5 rings (SSSR count). The number of amides is 1. The molecule has 3 fully saturated rings. The molecule has 2 aromatic rings. The number of nitrogens with one attached hydrogen (secondary N) is 1. The Morgan fingerprint density at radius 3 is 2.46 bits per heavy atom. The van der Waals surface area contributed by atoms with Gasteiger partial charge in [0.1, 0.15) is 0 Å². The number of carbonyl (C=O) groups excluding carboxylic acids is 1. The largest absolute Gasteiger partial charge is 0.336 e. The minimum absolute atomic E-state index is 0.0338. The van der Waals surface area contributed by atoms with Gasteiger partial charge in [0.05, 0.1) is 18.1 Å². The molecule has 26 heavy (non-hydrogen) atoms. The highest BCUT2D eigenvalue weighted by atomic mass is 19.2. The molecule has 0 atom stereocenters. The summed E-state index contributed by atoms with van der Waals surface area (Å²) in [7, 11) is 0. The topological polar surface area (TPSA) is 61.4 Å². The molecule has 3 saturated heterocycles. The lowest BCUT2D eigenvalue weighted by Crippen LogP contribution is -2.38. The van der Waals surface area contributed by atoms with Crippen LogP contribution < -0.4 is 10.2 Å². The maximum atomic E-state index is 13.3. The molecule has 0 unspecified atom stereocenters. The Kier molecular flexibility index (Phi) is 4.50. The van der Waals surface area contributed by atoms with E-state index in [1.165, 1.54) is 18.5 Å². The Morgan fingerprint density at radius 2 is 1.77 bits per heavy atom. The van der Waals surface area contributed by atoms with E-state index in [0.717, 1.165) is 51.2 Å². The molecule has 1 aromatic heterocycles. The Labute approximate surface area is 149 Å². The van der Waals surface area contributed by atoms with Gasteiger partial charge in [-0.2, -0.15) is 0 Å². The van der Waals surface area contributed by atoms with Crippen LogP contribution in [0.4, 0.5) is 20.4 Å². The van der Waals surface area contributed by atoms with E-state index in [0.29, 0.717) is 17.7 Å². The van der Waals surface area contributed by atoms with Crippen molar-refractivity contribution in [3.05, 3.63) is 47.8 Å². The first-order valence-electron chi connectivity index (χ1n) is 8.67. The third-order valence-electron chi connectivity index (χ3n) is 4.99. The van der Waals surface area contributed by atoms with Crippen LogP contribution in [0.2, 0.25) is 0 Å². The molecule has 8 heteroatoms. The van der Waals surface area contributed by atoms with Crippen LogP contribution in [0, 0.1) is 11.6 Å². The van der Waals surface area contributed by atoms with Crippen LogP contribution in [-0.4, -0.2) is 53.0 Å². The number of nitrogens with zero attached hydrogens (tertiary/aromatic N) is 4. The van der Waals surface area contributed by atoms with Crippen molar-refractivity contribution in [3.63, 3.8) is 0 Å². The molecular formula is C18H19F2N5O. The predicted molar refractivity (Wildman–Crippen MR) is 93.2 cm³/mol. The van der Waals surface area contributed by atoms with E-state index in [1.807, 2.05) is 0 Å². The van der Waals surface area contributed by atoms with Gasteiger partial charge in [-0.3, -0.25) is 4.79 Å². The van der Waals surface area contributed by atoms with Gasteiger partial charge >= 0.3 is 0 Å². The van der Waals surface area contributed by atoms with Gasteiger partial charge in [-0.1, -0.05) is 0 Å². The molecule has 0 aliphatic carbocycles. The number of piperidine rings is 1. The second kappa shape index (κ2) is 6.95. The van der Waals surface area contributed by atoms with Crippen molar-refractivity contribution in [1.29, 1.82) is 0 Å². The normalized spacial score (nSPS) is 22.2. The van der Waals surface area contributed by atoms with Gasteiger partial charge < -0.3 is 15.1 Å². The van der Waals surface area contributed by atoms with Crippen LogP contribution in [0.3, 0.4) is 0 Å². The van der Waals surface area contributed by atoms with Crippen molar-refractivity contribution in [3.8, 4) is 0 Å². The molecule has 2 bridgehead atoms. The number of benzene rings is 1. The van der Waals surface area contributed by atoms with E-state index in [-0.39, 0.29) is 5.56 Å². The van der Waals surface area contributed by atoms with Gasteiger partial charge in [0.25, 0.3) is 5.91 Å². The lowest BCUT2D eigenvalue weighted by molar-refractivity contribution is 0.102. The van der Waals surface area contributed by atoms with Crippen molar-refractivity contribution in [2.75, 3.05) is 36.4 Å². The highest BCUT2D eigenvalue weighted by Crippen LogP contribution is 2.24. The molecule has 0 radical (unpaired) electrons. The quantitative estimate of drug-likeness (QED) is 0.911. The number of hydrogen-bond acceptors (Lipinski definition) is 5. The number of hydrogen-bond donors (Lipinski definition) is 1. The van der Waals surface area contributed by atoms with Crippen LogP contribution in [0.25, 0.3) is 0 Å². The fourth-order valence-electron chi connectivity index (χ4n) is 3.52. The number of aromatic nitrogens is 2. The Morgan fingerprint density at radius 1 is 1.04 bits per heavy atom. The lowest BCUT2D eigenvalue weighted by Gasteiger charge is -2.31. The SMILES string of the molecule is O=C(Nc1cnc(N2CCN3CCC2CC3)nc1)c1ccc(F)c(F)c1. The number of fused-ring (bicyclic) bond motifs is 4. The van der Waals surface area contributed by atoms with Gasteiger partial charge in [-0.05, 0) is 31.0 Å². The first-order chi connectivity index (χ1) is 12.6. The number of halogens is 2. The van der Waals surface area contributed by atoms with E-state index < -0.39 is 17.5 Å². The van der Waals surface area contributed by atoms with Crippen LogP contribution in [0.15, 0.2) is 30.6 Å². The summed E-state index contributed by atoms with van der Waals surface area (Å²) >= 11 is 0. The summed E-state index contributed by atoms with van der Waals surface area (Å²) in [6.45, 7) is 4.13. The van der Waals surface area contributed by atoms with Gasteiger partial charge in [0.15, 0.2) is 11.6 Å². The maximum Gasteiger partial charge on any atom is 0.255 e. The van der Waals surface area contributed by atoms with E-state index >= 15 is 0 Å². The second-order valence-electron chi connectivity index (χ2n) is 6.62. The van der Waals surface area contributed by atoms with E-state index in [1.54, 1.807) is 0 Å². The van der Waals surface area contributed by atoms with Crippen molar-refractivity contribution in [1.82, 2.24) is 14.9 Å². The summed E-state index contributed by atoms with van der Waals surface area (Å²) in [4.78, 5) is 25.6.